The molecule has 6 heteroatoms. The highest BCUT2D eigenvalue weighted by molar-refractivity contribution is 6.31. The Labute approximate surface area is 97.0 Å². The number of benzene rings is 1. The van der Waals surface area contributed by atoms with Crippen LogP contribution in [-0.2, 0) is 0 Å². The third kappa shape index (κ3) is 1.81. The van der Waals surface area contributed by atoms with Gasteiger partial charge < -0.3 is 4.42 Å². The molecule has 0 amide bonds. The fourth-order valence-electron chi connectivity index (χ4n) is 1.23. The van der Waals surface area contributed by atoms with Gasteiger partial charge in [0.2, 0.25) is 0 Å². The molecule has 0 aliphatic carbocycles. The predicted octanol–water partition coefficient (Wildman–Crippen LogP) is 2.07. The predicted molar refractivity (Wildman–Crippen MR) is 60.8 cm³/mol. The molecule has 2 rings (SSSR count). The number of fused-ring (bicyclic) bond motifs is 1. The van der Waals surface area contributed by atoms with Crippen LogP contribution in [0, 0.1) is 11.3 Å². The Bertz CT molecular complexity index is 559. The van der Waals surface area contributed by atoms with Gasteiger partial charge in [-0.3, -0.25) is 0 Å². The molecule has 5 nitrogen and oxygen atoms in total. The highest BCUT2D eigenvalue weighted by Crippen LogP contribution is 2.24. The Hall–Kier alpha value is -1.77. The van der Waals surface area contributed by atoms with Crippen LogP contribution >= 0.6 is 11.6 Å². The van der Waals surface area contributed by atoms with Crippen molar-refractivity contribution in [2.45, 2.75) is 13.0 Å². The van der Waals surface area contributed by atoms with Gasteiger partial charge in [0.25, 0.3) is 0 Å². The van der Waals surface area contributed by atoms with E-state index in [1.165, 1.54) is 5.01 Å². The first kappa shape index (κ1) is 10.7. The van der Waals surface area contributed by atoms with Crippen molar-refractivity contribution >= 4 is 28.7 Å². The third-order valence-electron chi connectivity index (χ3n) is 2.16. The molecular weight excluding hydrogens is 228 g/mol. The fourth-order valence-corrected chi connectivity index (χ4v) is 1.39. The second-order valence-electron chi connectivity index (χ2n) is 3.32. The number of aromatic nitrogens is 1. The maximum atomic E-state index is 8.72. The molecule has 0 aliphatic rings. The number of nitrogens with two attached hydrogens (primary N) is 1. The van der Waals surface area contributed by atoms with Crippen molar-refractivity contribution in [3.8, 4) is 6.07 Å². The quantitative estimate of drug-likeness (QED) is 0.638. The summed E-state index contributed by atoms with van der Waals surface area (Å²) in [6.07, 6.45) is 0. The Morgan fingerprint density at radius 1 is 1.62 bits per heavy atom. The van der Waals surface area contributed by atoms with Gasteiger partial charge >= 0.3 is 6.01 Å². The van der Waals surface area contributed by atoms with E-state index in [4.69, 9.17) is 27.1 Å². The molecule has 1 aromatic heterocycles. The number of anilines is 1. The van der Waals surface area contributed by atoms with Gasteiger partial charge in [-0.05, 0) is 25.1 Å². The van der Waals surface area contributed by atoms with Crippen LogP contribution in [0.1, 0.15) is 6.92 Å². The highest BCUT2D eigenvalue weighted by Gasteiger charge is 2.16. The van der Waals surface area contributed by atoms with E-state index >= 15 is 0 Å². The van der Waals surface area contributed by atoms with Crippen LogP contribution in [0.5, 0.6) is 0 Å². The summed E-state index contributed by atoms with van der Waals surface area (Å²) in [6.45, 7) is 1.65. The van der Waals surface area contributed by atoms with Crippen molar-refractivity contribution in [2.75, 3.05) is 5.01 Å². The third-order valence-corrected chi connectivity index (χ3v) is 2.40. The lowest BCUT2D eigenvalue weighted by Gasteiger charge is -2.14. The molecule has 0 spiro atoms. The summed E-state index contributed by atoms with van der Waals surface area (Å²) >= 11 is 5.82. The van der Waals surface area contributed by atoms with Crippen molar-refractivity contribution in [3.63, 3.8) is 0 Å². The average molecular weight is 237 g/mol. The summed E-state index contributed by atoms with van der Waals surface area (Å²) < 4.78 is 5.39. The number of hydrazine groups is 1. The minimum atomic E-state index is -0.511. The largest absolute Gasteiger partial charge is 0.422 e. The molecule has 82 valence electrons. The van der Waals surface area contributed by atoms with E-state index < -0.39 is 6.04 Å². The topological polar surface area (TPSA) is 79.1 Å². The molecule has 2 aromatic rings. The van der Waals surface area contributed by atoms with Gasteiger partial charge in [0.1, 0.15) is 11.6 Å². The number of rotatable bonds is 2. The molecule has 0 bridgehead atoms. The van der Waals surface area contributed by atoms with Crippen LogP contribution in [0.15, 0.2) is 22.6 Å². The molecular formula is C10H9ClN4O. The fraction of sp³-hybridized carbons (Fsp3) is 0.200. The number of halogens is 1. The van der Waals surface area contributed by atoms with E-state index in [0.717, 1.165) is 0 Å². The zero-order valence-corrected chi connectivity index (χ0v) is 9.27. The lowest BCUT2D eigenvalue weighted by Crippen LogP contribution is -2.38. The summed E-state index contributed by atoms with van der Waals surface area (Å²) in [5, 5.41) is 10.5. The molecule has 1 unspecified atom stereocenters. The van der Waals surface area contributed by atoms with E-state index in [1.807, 2.05) is 6.07 Å². The standard InChI is InChI=1S/C10H9ClN4O/c1-6(5-12)15(13)10-14-8-4-7(11)2-3-9(8)16-10/h2-4,6H,13H2,1H3. The molecule has 2 N–H and O–H groups in total. The van der Waals surface area contributed by atoms with E-state index in [0.29, 0.717) is 16.1 Å². The molecule has 0 saturated heterocycles. The van der Waals surface area contributed by atoms with E-state index in [-0.39, 0.29) is 6.01 Å². The summed E-state index contributed by atoms with van der Waals surface area (Å²) in [5.74, 6) is 5.67. The Kier molecular flexibility index (Phi) is 2.69. The Morgan fingerprint density at radius 3 is 3.06 bits per heavy atom. The normalized spacial score (nSPS) is 12.4. The van der Waals surface area contributed by atoms with Gasteiger partial charge in [-0.15, -0.1) is 0 Å². The van der Waals surface area contributed by atoms with E-state index in [1.54, 1.807) is 25.1 Å². The van der Waals surface area contributed by atoms with Gasteiger partial charge in [0.05, 0.1) is 6.07 Å². The van der Waals surface area contributed by atoms with Crippen molar-refractivity contribution in [1.29, 1.82) is 5.26 Å². The van der Waals surface area contributed by atoms with Crippen molar-refractivity contribution < 1.29 is 4.42 Å². The zero-order chi connectivity index (χ0) is 11.7. The lowest BCUT2D eigenvalue weighted by molar-refractivity contribution is 0.560. The van der Waals surface area contributed by atoms with E-state index in [2.05, 4.69) is 4.98 Å². The van der Waals surface area contributed by atoms with Gasteiger partial charge in [-0.2, -0.15) is 10.2 Å². The molecule has 0 fully saturated rings. The molecule has 1 atom stereocenters. The van der Waals surface area contributed by atoms with Gasteiger partial charge in [-0.1, -0.05) is 11.6 Å². The van der Waals surface area contributed by atoms with Crippen LogP contribution < -0.4 is 10.9 Å². The second kappa shape index (κ2) is 4.00. The van der Waals surface area contributed by atoms with Crippen molar-refractivity contribution in [1.82, 2.24) is 4.98 Å². The molecule has 1 heterocycles. The number of hydrogen-bond acceptors (Lipinski definition) is 5. The monoisotopic (exact) mass is 236 g/mol. The minimum Gasteiger partial charge on any atom is -0.422 e. The SMILES string of the molecule is CC(C#N)N(N)c1nc2cc(Cl)ccc2o1. The molecule has 16 heavy (non-hydrogen) atoms. The second-order valence-corrected chi connectivity index (χ2v) is 3.76. The molecule has 0 radical (unpaired) electrons. The molecule has 0 aliphatic heterocycles. The molecule has 0 saturated carbocycles. The summed E-state index contributed by atoms with van der Waals surface area (Å²) in [6, 6.07) is 6.77. The lowest BCUT2D eigenvalue weighted by atomic mass is 10.3. The zero-order valence-electron chi connectivity index (χ0n) is 8.51. The first-order chi connectivity index (χ1) is 7.61. The number of nitrogens with zero attached hydrogens (tertiary/aromatic N) is 3. The van der Waals surface area contributed by atoms with Crippen molar-refractivity contribution in [2.24, 2.45) is 5.84 Å². The maximum Gasteiger partial charge on any atom is 0.314 e. The van der Waals surface area contributed by atoms with Crippen LogP contribution in [0.3, 0.4) is 0 Å². The summed E-state index contributed by atoms with van der Waals surface area (Å²) in [4.78, 5) is 4.14. The van der Waals surface area contributed by atoms with Crippen LogP contribution in [0.2, 0.25) is 5.02 Å². The first-order valence-corrected chi connectivity index (χ1v) is 4.99. The van der Waals surface area contributed by atoms with Crippen LogP contribution in [0.4, 0.5) is 6.01 Å². The first-order valence-electron chi connectivity index (χ1n) is 4.61. The molecule has 1 aromatic carbocycles. The Balaban J connectivity index is 2.44. The number of oxazole rings is 1. The van der Waals surface area contributed by atoms with Crippen molar-refractivity contribution in [3.05, 3.63) is 23.2 Å². The number of nitriles is 1. The summed E-state index contributed by atoms with van der Waals surface area (Å²) in [5.41, 5.74) is 1.20. The van der Waals surface area contributed by atoms with Gasteiger partial charge in [-0.25, -0.2) is 10.9 Å². The Morgan fingerprint density at radius 2 is 2.38 bits per heavy atom. The van der Waals surface area contributed by atoms with Gasteiger partial charge in [0, 0.05) is 5.02 Å². The maximum absolute atomic E-state index is 8.72. The summed E-state index contributed by atoms with van der Waals surface area (Å²) in [7, 11) is 0. The van der Waals surface area contributed by atoms with Gasteiger partial charge in [0.15, 0.2) is 5.58 Å². The minimum absolute atomic E-state index is 0.200. The average Bonchev–Trinajstić information content (AvgIpc) is 2.69. The number of hydrogen-bond donors (Lipinski definition) is 1. The van der Waals surface area contributed by atoms with Crippen LogP contribution in [0.25, 0.3) is 11.1 Å². The highest BCUT2D eigenvalue weighted by atomic mass is 35.5. The van der Waals surface area contributed by atoms with E-state index in [9.17, 15) is 0 Å². The smallest absolute Gasteiger partial charge is 0.314 e. The van der Waals surface area contributed by atoms with Crippen LogP contribution in [-0.4, -0.2) is 11.0 Å².